The molecule has 6 heteroatoms. The zero-order valence-electron chi connectivity index (χ0n) is 14.7. The third kappa shape index (κ3) is 3.94. The maximum atomic E-state index is 12.5. The van der Waals surface area contributed by atoms with Crippen LogP contribution in [0.1, 0.15) is 53.4 Å². The van der Waals surface area contributed by atoms with E-state index in [0.29, 0.717) is 17.8 Å². The number of hydrogen-bond donors (Lipinski definition) is 1. The van der Waals surface area contributed by atoms with Crippen LogP contribution >= 0.6 is 0 Å². The van der Waals surface area contributed by atoms with Crippen LogP contribution in [-0.4, -0.2) is 40.8 Å². The number of furan rings is 1. The summed E-state index contributed by atoms with van der Waals surface area (Å²) in [6, 6.07) is 5.37. The van der Waals surface area contributed by atoms with Gasteiger partial charge in [-0.15, -0.1) is 0 Å². The zero-order chi connectivity index (χ0) is 17.7. The van der Waals surface area contributed by atoms with Crippen molar-refractivity contribution in [2.45, 2.75) is 26.8 Å². The van der Waals surface area contributed by atoms with E-state index in [1.54, 1.807) is 30.1 Å². The predicted molar refractivity (Wildman–Crippen MR) is 92.1 cm³/mol. The number of ketones is 1. The van der Waals surface area contributed by atoms with Gasteiger partial charge in [-0.3, -0.25) is 14.5 Å². The van der Waals surface area contributed by atoms with Gasteiger partial charge >= 0.3 is 0 Å². The summed E-state index contributed by atoms with van der Waals surface area (Å²) in [4.78, 5) is 26.2. The molecule has 0 fully saturated rings. The van der Waals surface area contributed by atoms with Gasteiger partial charge < -0.3 is 14.3 Å². The van der Waals surface area contributed by atoms with Gasteiger partial charge in [0.15, 0.2) is 5.78 Å². The van der Waals surface area contributed by atoms with E-state index in [0.717, 1.165) is 18.8 Å². The molecule has 0 aromatic carbocycles. The van der Waals surface area contributed by atoms with Gasteiger partial charge in [-0.2, -0.15) is 0 Å². The number of carbonyl (C=O) groups excluding carboxylic acids is 2. The molecule has 24 heavy (non-hydrogen) atoms. The number of amides is 1. The van der Waals surface area contributed by atoms with Crippen LogP contribution in [0.5, 0.6) is 0 Å². The van der Waals surface area contributed by atoms with E-state index < -0.39 is 0 Å². The third-order valence-electron chi connectivity index (χ3n) is 4.22. The lowest BCUT2D eigenvalue weighted by atomic mass is 10.1. The molecule has 0 aliphatic rings. The molecule has 6 nitrogen and oxygen atoms in total. The minimum Gasteiger partial charge on any atom is -0.468 e. The minimum absolute atomic E-state index is 0.0218. The first-order valence-electron chi connectivity index (χ1n) is 8.20. The standard InChI is InChI=1S/C18H25N3O3/c1-5-21(6-2)16(17-8-7-9-24-17)11-19-18(23)15-10-14(13(3)22)12-20(15)4/h7-10,12,16H,5-6,11H2,1-4H3,(H,19,23). The number of Topliss-reactive ketones (excluding diaryl/α,β-unsaturated/α-hetero) is 1. The molecule has 0 aliphatic heterocycles. The van der Waals surface area contributed by atoms with E-state index in [1.807, 2.05) is 12.1 Å². The highest BCUT2D eigenvalue weighted by Gasteiger charge is 2.22. The highest BCUT2D eigenvalue weighted by atomic mass is 16.3. The number of carbonyl (C=O) groups is 2. The summed E-state index contributed by atoms with van der Waals surface area (Å²) in [6.07, 6.45) is 3.32. The molecule has 0 spiro atoms. The fraction of sp³-hybridized carbons (Fsp3) is 0.444. The SMILES string of the molecule is CCN(CC)C(CNC(=O)c1cc(C(C)=O)cn1C)c1ccco1. The fourth-order valence-corrected chi connectivity index (χ4v) is 2.82. The summed E-state index contributed by atoms with van der Waals surface area (Å²) >= 11 is 0. The van der Waals surface area contributed by atoms with E-state index in [1.165, 1.54) is 6.92 Å². The first kappa shape index (κ1) is 18.0. The van der Waals surface area contributed by atoms with Crippen molar-refractivity contribution < 1.29 is 14.0 Å². The first-order valence-corrected chi connectivity index (χ1v) is 8.20. The average molecular weight is 331 g/mol. The minimum atomic E-state index is -0.200. The van der Waals surface area contributed by atoms with Crippen molar-refractivity contribution in [1.29, 1.82) is 0 Å². The summed E-state index contributed by atoms with van der Waals surface area (Å²) < 4.78 is 7.21. The zero-order valence-corrected chi connectivity index (χ0v) is 14.7. The van der Waals surface area contributed by atoms with Crippen LogP contribution in [-0.2, 0) is 7.05 Å². The molecule has 0 saturated carbocycles. The summed E-state index contributed by atoms with van der Waals surface area (Å²) in [5.74, 6) is 0.574. The lowest BCUT2D eigenvalue weighted by molar-refractivity contribution is 0.0921. The van der Waals surface area contributed by atoms with Gasteiger partial charge in [-0.25, -0.2) is 0 Å². The van der Waals surface area contributed by atoms with Gasteiger partial charge in [0, 0.05) is 25.4 Å². The molecule has 1 N–H and O–H groups in total. The quantitative estimate of drug-likeness (QED) is 0.755. The molecule has 0 bridgehead atoms. The van der Waals surface area contributed by atoms with Crippen LogP contribution in [0.25, 0.3) is 0 Å². The van der Waals surface area contributed by atoms with Gasteiger partial charge in [-0.05, 0) is 38.2 Å². The Morgan fingerprint density at radius 1 is 1.33 bits per heavy atom. The number of rotatable bonds is 8. The molecule has 1 amide bonds. The molecule has 2 heterocycles. The molecule has 130 valence electrons. The Hall–Kier alpha value is -2.34. The van der Waals surface area contributed by atoms with Gasteiger partial charge in [-0.1, -0.05) is 13.8 Å². The number of aromatic nitrogens is 1. The van der Waals surface area contributed by atoms with Crippen LogP contribution in [0, 0.1) is 0 Å². The normalized spacial score (nSPS) is 12.4. The second kappa shape index (κ2) is 7.97. The molecule has 0 aliphatic carbocycles. The maximum Gasteiger partial charge on any atom is 0.267 e. The van der Waals surface area contributed by atoms with Crippen molar-refractivity contribution in [1.82, 2.24) is 14.8 Å². The van der Waals surface area contributed by atoms with Crippen molar-refractivity contribution in [3.8, 4) is 0 Å². The molecular formula is C18H25N3O3. The highest BCUT2D eigenvalue weighted by molar-refractivity contribution is 5.99. The average Bonchev–Trinajstić information content (AvgIpc) is 3.20. The molecule has 1 atom stereocenters. The van der Waals surface area contributed by atoms with Crippen molar-refractivity contribution in [2.24, 2.45) is 7.05 Å². The Morgan fingerprint density at radius 3 is 2.54 bits per heavy atom. The Bertz CT molecular complexity index is 684. The number of nitrogens with one attached hydrogen (secondary N) is 1. The smallest absolute Gasteiger partial charge is 0.267 e. The second-order valence-electron chi connectivity index (χ2n) is 5.74. The fourth-order valence-electron chi connectivity index (χ4n) is 2.82. The van der Waals surface area contributed by atoms with Crippen molar-refractivity contribution in [3.05, 3.63) is 47.7 Å². The maximum absolute atomic E-state index is 12.5. The lowest BCUT2D eigenvalue weighted by Crippen LogP contribution is -2.38. The van der Waals surface area contributed by atoms with Gasteiger partial charge in [0.05, 0.1) is 12.3 Å². The summed E-state index contributed by atoms with van der Waals surface area (Å²) in [6.45, 7) is 7.81. The monoisotopic (exact) mass is 331 g/mol. The van der Waals surface area contributed by atoms with E-state index in [9.17, 15) is 9.59 Å². The van der Waals surface area contributed by atoms with E-state index in [2.05, 4.69) is 24.1 Å². The van der Waals surface area contributed by atoms with Gasteiger partial charge in [0.25, 0.3) is 5.91 Å². The van der Waals surface area contributed by atoms with Crippen LogP contribution in [0.3, 0.4) is 0 Å². The summed E-state index contributed by atoms with van der Waals surface area (Å²) in [5.41, 5.74) is 1.01. The number of likely N-dealkylation sites (N-methyl/N-ethyl adjacent to an activating group) is 1. The van der Waals surface area contributed by atoms with Crippen LogP contribution < -0.4 is 5.32 Å². The number of nitrogens with zero attached hydrogens (tertiary/aromatic N) is 2. The Balaban J connectivity index is 2.11. The highest BCUT2D eigenvalue weighted by Crippen LogP contribution is 2.20. The third-order valence-corrected chi connectivity index (χ3v) is 4.22. The number of hydrogen-bond acceptors (Lipinski definition) is 4. The molecule has 1 unspecified atom stereocenters. The van der Waals surface area contributed by atoms with Crippen molar-refractivity contribution in [3.63, 3.8) is 0 Å². The van der Waals surface area contributed by atoms with Crippen LogP contribution in [0.2, 0.25) is 0 Å². The molecule has 2 aromatic heterocycles. The molecule has 2 aromatic rings. The van der Waals surface area contributed by atoms with Crippen LogP contribution in [0.4, 0.5) is 0 Å². The summed E-state index contributed by atoms with van der Waals surface area (Å²) in [7, 11) is 1.76. The molecule has 0 saturated heterocycles. The van der Waals surface area contributed by atoms with Crippen molar-refractivity contribution in [2.75, 3.05) is 19.6 Å². The Morgan fingerprint density at radius 2 is 2.04 bits per heavy atom. The Labute approximate surface area is 142 Å². The number of aryl methyl sites for hydroxylation is 1. The van der Waals surface area contributed by atoms with E-state index in [4.69, 9.17) is 4.42 Å². The molecular weight excluding hydrogens is 306 g/mol. The van der Waals surface area contributed by atoms with Crippen molar-refractivity contribution >= 4 is 11.7 Å². The Kier molecular flexibility index (Phi) is 5.98. The lowest BCUT2D eigenvalue weighted by Gasteiger charge is -2.28. The molecule has 2 rings (SSSR count). The van der Waals surface area contributed by atoms with Gasteiger partial charge in [0.1, 0.15) is 11.5 Å². The molecule has 0 radical (unpaired) electrons. The van der Waals surface area contributed by atoms with Crippen LogP contribution in [0.15, 0.2) is 35.1 Å². The van der Waals surface area contributed by atoms with E-state index >= 15 is 0 Å². The first-order chi connectivity index (χ1) is 11.5. The summed E-state index contributed by atoms with van der Waals surface area (Å²) in [5, 5.41) is 2.96. The predicted octanol–water partition coefficient (Wildman–Crippen LogP) is 2.63. The largest absolute Gasteiger partial charge is 0.468 e. The van der Waals surface area contributed by atoms with Gasteiger partial charge in [0.2, 0.25) is 0 Å². The second-order valence-corrected chi connectivity index (χ2v) is 5.74. The van der Waals surface area contributed by atoms with E-state index in [-0.39, 0.29) is 17.7 Å². The topological polar surface area (TPSA) is 67.5 Å².